The second kappa shape index (κ2) is 11.4. The van der Waals surface area contributed by atoms with Crippen molar-refractivity contribution in [3.63, 3.8) is 0 Å². The molecular weight excluding hydrogens is 392 g/mol. The summed E-state index contributed by atoms with van der Waals surface area (Å²) >= 11 is 0. The second-order valence-electron chi connectivity index (χ2n) is 10.9. The van der Waals surface area contributed by atoms with Crippen LogP contribution in [0.2, 0.25) is 0 Å². The van der Waals surface area contributed by atoms with Gasteiger partial charge in [-0.15, -0.1) is 0 Å². The standard InChI is InChI=1S/C24H44N4O3/c1-23(2,3)24(12-8-7-9-13-24)14-10-11-19(17-21(29)30)22-25-20(26-31-22)18-28(6)16-15-27(4)5/h19H,7-18H2,1-6H3,(H,29,30). The maximum absolute atomic E-state index is 11.5. The third-order valence-corrected chi connectivity index (χ3v) is 7.20. The highest BCUT2D eigenvalue weighted by molar-refractivity contribution is 5.67. The summed E-state index contributed by atoms with van der Waals surface area (Å²) in [6.07, 6.45) is 9.48. The van der Waals surface area contributed by atoms with E-state index in [9.17, 15) is 9.90 Å². The molecule has 2 rings (SSSR count). The van der Waals surface area contributed by atoms with Gasteiger partial charge in [-0.05, 0) is 57.7 Å². The summed E-state index contributed by atoms with van der Waals surface area (Å²) in [6.45, 7) is 9.56. The minimum Gasteiger partial charge on any atom is -0.481 e. The first kappa shape index (κ1) is 25.8. The minimum absolute atomic E-state index is 0.0423. The highest BCUT2D eigenvalue weighted by Gasteiger charge is 2.41. The number of carboxylic acid groups (broad SMARTS) is 1. The van der Waals surface area contributed by atoms with Gasteiger partial charge in [0.15, 0.2) is 5.82 Å². The largest absolute Gasteiger partial charge is 0.481 e. The Kier molecular flexibility index (Phi) is 9.49. The van der Waals surface area contributed by atoms with Crippen LogP contribution in [0.1, 0.15) is 96.2 Å². The smallest absolute Gasteiger partial charge is 0.304 e. The van der Waals surface area contributed by atoms with Crippen molar-refractivity contribution in [3.8, 4) is 0 Å². The van der Waals surface area contributed by atoms with Gasteiger partial charge in [-0.2, -0.15) is 4.98 Å². The number of rotatable bonds is 12. The Morgan fingerprint density at radius 2 is 1.84 bits per heavy atom. The van der Waals surface area contributed by atoms with Crippen molar-refractivity contribution in [1.29, 1.82) is 0 Å². The molecule has 178 valence electrons. The van der Waals surface area contributed by atoms with Crippen molar-refractivity contribution in [2.45, 2.75) is 91.0 Å². The van der Waals surface area contributed by atoms with Crippen LogP contribution in [0.4, 0.5) is 0 Å². The van der Waals surface area contributed by atoms with Gasteiger partial charge in [-0.25, -0.2) is 0 Å². The van der Waals surface area contributed by atoms with Crippen LogP contribution in [-0.4, -0.2) is 65.2 Å². The van der Waals surface area contributed by atoms with E-state index in [1.54, 1.807) is 0 Å². The van der Waals surface area contributed by atoms with Gasteiger partial charge < -0.3 is 14.5 Å². The van der Waals surface area contributed by atoms with Gasteiger partial charge >= 0.3 is 5.97 Å². The van der Waals surface area contributed by atoms with Crippen LogP contribution in [-0.2, 0) is 11.3 Å². The lowest BCUT2D eigenvalue weighted by Crippen LogP contribution is -2.37. The van der Waals surface area contributed by atoms with E-state index in [4.69, 9.17) is 4.52 Å². The summed E-state index contributed by atoms with van der Waals surface area (Å²) in [7, 11) is 6.13. The number of likely N-dealkylation sites (N-methyl/N-ethyl adjacent to an activating group) is 2. The Morgan fingerprint density at radius 3 is 2.42 bits per heavy atom. The summed E-state index contributed by atoms with van der Waals surface area (Å²) < 4.78 is 5.53. The molecule has 0 bridgehead atoms. The van der Waals surface area contributed by atoms with Crippen LogP contribution >= 0.6 is 0 Å². The normalized spacial score (nSPS) is 17.9. The second-order valence-corrected chi connectivity index (χ2v) is 10.9. The third-order valence-electron chi connectivity index (χ3n) is 7.20. The molecule has 0 spiro atoms. The number of aliphatic carboxylic acids is 1. The predicted octanol–water partition coefficient (Wildman–Crippen LogP) is 4.79. The van der Waals surface area contributed by atoms with Crippen molar-refractivity contribution >= 4 is 5.97 Å². The first-order valence-electron chi connectivity index (χ1n) is 11.9. The quantitative estimate of drug-likeness (QED) is 0.504. The number of nitrogens with zero attached hydrogens (tertiary/aromatic N) is 4. The average Bonchev–Trinajstić information content (AvgIpc) is 3.13. The molecule has 1 aromatic heterocycles. The molecule has 1 aliphatic rings. The Bertz CT molecular complexity index is 675. The number of carboxylic acids is 1. The van der Waals surface area contributed by atoms with Crippen LogP contribution in [0.5, 0.6) is 0 Å². The number of carbonyl (C=O) groups is 1. The molecular formula is C24H44N4O3. The number of aromatic nitrogens is 2. The minimum atomic E-state index is -0.809. The highest BCUT2D eigenvalue weighted by atomic mass is 16.5. The lowest BCUT2D eigenvalue weighted by Gasteiger charge is -2.48. The van der Waals surface area contributed by atoms with Crippen LogP contribution < -0.4 is 0 Å². The van der Waals surface area contributed by atoms with E-state index in [0.29, 0.717) is 23.7 Å². The van der Waals surface area contributed by atoms with Crippen molar-refractivity contribution in [1.82, 2.24) is 19.9 Å². The van der Waals surface area contributed by atoms with Crippen LogP contribution in [0.15, 0.2) is 4.52 Å². The Balaban J connectivity index is 1.99. The lowest BCUT2D eigenvalue weighted by molar-refractivity contribution is -0.137. The molecule has 1 aromatic rings. The first-order valence-corrected chi connectivity index (χ1v) is 11.9. The van der Waals surface area contributed by atoms with Gasteiger partial charge in [0.25, 0.3) is 0 Å². The molecule has 1 saturated carbocycles. The fourth-order valence-corrected chi connectivity index (χ4v) is 5.00. The summed E-state index contributed by atoms with van der Waals surface area (Å²) in [5.74, 6) is 0.0828. The van der Waals surface area contributed by atoms with Gasteiger partial charge in [-0.1, -0.05) is 51.6 Å². The third kappa shape index (κ3) is 7.86. The summed E-state index contributed by atoms with van der Waals surface area (Å²) in [5, 5.41) is 13.6. The van der Waals surface area contributed by atoms with Gasteiger partial charge in [0, 0.05) is 19.0 Å². The van der Waals surface area contributed by atoms with Gasteiger partial charge in [0.1, 0.15) is 0 Å². The van der Waals surface area contributed by atoms with Crippen LogP contribution in [0, 0.1) is 10.8 Å². The summed E-state index contributed by atoms with van der Waals surface area (Å²) in [5.41, 5.74) is 0.624. The molecule has 1 aliphatic carbocycles. The van der Waals surface area contributed by atoms with Crippen molar-refractivity contribution in [2.75, 3.05) is 34.2 Å². The zero-order valence-electron chi connectivity index (χ0n) is 20.6. The molecule has 0 amide bonds. The molecule has 7 heteroatoms. The van der Waals surface area contributed by atoms with Gasteiger partial charge in [0.2, 0.25) is 5.89 Å². The van der Waals surface area contributed by atoms with Crippen molar-refractivity contribution in [2.24, 2.45) is 10.8 Å². The Morgan fingerprint density at radius 1 is 1.16 bits per heavy atom. The number of hydrogen-bond acceptors (Lipinski definition) is 6. The maximum atomic E-state index is 11.5. The molecule has 1 unspecified atom stereocenters. The van der Waals surface area contributed by atoms with Gasteiger partial charge in [-0.3, -0.25) is 9.69 Å². The van der Waals surface area contributed by atoms with Gasteiger partial charge in [0.05, 0.1) is 13.0 Å². The van der Waals surface area contributed by atoms with E-state index in [1.807, 2.05) is 21.1 Å². The molecule has 0 radical (unpaired) electrons. The van der Waals surface area contributed by atoms with Crippen molar-refractivity contribution in [3.05, 3.63) is 11.7 Å². The fourth-order valence-electron chi connectivity index (χ4n) is 5.00. The molecule has 1 atom stereocenters. The summed E-state index contributed by atoms with van der Waals surface area (Å²) in [6, 6.07) is 0. The molecule has 1 fully saturated rings. The highest BCUT2D eigenvalue weighted by Crippen LogP contribution is 2.53. The predicted molar refractivity (Wildman–Crippen MR) is 123 cm³/mol. The number of hydrogen-bond donors (Lipinski definition) is 1. The zero-order valence-corrected chi connectivity index (χ0v) is 20.6. The van der Waals surface area contributed by atoms with E-state index in [1.165, 1.54) is 32.1 Å². The van der Waals surface area contributed by atoms with E-state index in [2.05, 4.69) is 40.7 Å². The first-order chi connectivity index (χ1) is 14.5. The van der Waals surface area contributed by atoms with Crippen LogP contribution in [0.3, 0.4) is 0 Å². The molecule has 0 saturated heterocycles. The molecule has 0 aliphatic heterocycles. The SMILES string of the molecule is CN(C)CCN(C)Cc1noc(C(CCCC2(C(C)(C)C)CCCCC2)CC(=O)O)n1. The average molecular weight is 437 g/mol. The monoisotopic (exact) mass is 436 g/mol. The van der Waals surface area contributed by atoms with Crippen LogP contribution in [0.25, 0.3) is 0 Å². The molecule has 0 aromatic carbocycles. The van der Waals surface area contributed by atoms with Crippen molar-refractivity contribution < 1.29 is 14.4 Å². The molecule has 7 nitrogen and oxygen atoms in total. The van der Waals surface area contributed by atoms with E-state index in [0.717, 1.165) is 32.4 Å². The van der Waals surface area contributed by atoms with E-state index >= 15 is 0 Å². The molecule has 31 heavy (non-hydrogen) atoms. The van der Waals surface area contributed by atoms with E-state index in [-0.39, 0.29) is 17.8 Å². The zero-order chi connectivity index (χ0) is 23.1. The van der Waals surface area contributed by atoms with E-state index < -0.39 is 5.97 Å². The fraction of sp³-hybridized carbons (Fsp3) is 0.875. The molecule has 1 heterocycles. The maximum Gasteiger partial charge on any atom is 0.304 e. The Labute approximate surface area is 188 Å². The molecule has 1 N–H and O–H groups in total. The Hall–Kier alpha value is -1.47. The topological polar surface area (TPSA) is 82.7 Å². The summed E-state index contributed by atoms with van der Waals surface area (Å²) in [4.78, 5) is 20.4. The lowest BCUT2D eigenvalue weighted by atomic mass is 9.57.